The van der Waals surface area contributed by atoms with Crippen LogP contribution in [-0.2, 0) is 37.7 Å². The number of carbonyl (C=O) groups excluding carboxylic acids is 1. The Hall–Kier alpha value is -2.11. The van der Waals surface area contributed by atoms with E-state index in [9.17, 15) is 21.6 Å². The fourth-order valence-electron chi connectivity index (χ4n) is 5.52. The molecule has 1 N–H and O–H groups in total. The Labute approximate surface area is 247 Å². The Morgan fingerprint density at radius 2 is 1.88 bits per heavy atom. The van der Waals surface area contributed by atoms with Gasteiger partial charge in [0.25, 0.3) is 15.9 Å². The number of aromatic nitrogens is 2. The molecule has 0 bridgehead atoms. The summed E-state index contributed by atoms with van der Waals surface area (Å²) in [6.45, 7) is 2.46. The largest absolute Gasteiger partial charge is 0.379 e. The standard InChI is InChI=1S/C25H31ClN6O6S3/c1-29-5-4-21-22(15-29)39-24(28-21)25(33)32-7-6-31(14-19(32)16-40(34,35)30-8-10-38-11-9-30)41(36,37)23-13-17-12-18(26)2-3-20(17)27-23/h2-3,12-13,19,27H,4-11,14-16H2,1H3. The number of morpholine rings is 1. The summed E-state index contributed by atoms with van der Waals surface area (Å²) in [6.07, 6.45) is 0.742. The zero-order chi connectivity index (χ0) is 28.9. The average Bonchev–Trinajstić information content (AvgIpc) is 3.57. The molecule has 1 amide bonds. The molecule has 2 saturated heterocycles. The number of sulfonamides is 2. The van der Waals surface area contributed by atoms with Crippen molar-refractivity contribution in [3.8, 4) is 0 Å². The average molecular weight is 643 g/mol. The zero-order valence-corrected chi connectivity index (χ0v) is 25.7. The lowest BCUT2D eigenvalue weighted by molar-refractivity contribution is 0.0583. The van der Waals surface area contributed by atoms with Gasteiger partial charge < -0.3 is 19.5 Å². The van der Waals surface area contributed by atoms with Gasteiger partial charge in [0.15, 0.2) is 5.01 Å². The van der Waals surface area contributed by atoms with Crippen molar-refractivity contribution in [3.05, 3.63) is 44.9 Å². The van der Waals surface area contributed by atoms with Gasteiger partial charge in [0, 0.05) is 73.0 Å². The first-order valence-corrected chi connectivity index (χ1v) is 17.6. The van der Waals surface area contributed by atoms with Gasteiger partial charge in [0.2, 0.25) is 10.0 Å². The number of ether oxygens (including phenoxy) is 1. The van der Waals surface area contributed by atoms with Gasteiger partial charge in [0.1, 0.15) is 5.03 Å². The fraction of sp³-hybridized carbons (Fsp3) is 0.520. The maximum absolute atomic E-state index is 13.8. The third-order valence-corrected chi connectivity index (χ3v) is 12.8. The van der Waals surface area contributed by atoms with E-state index in [0.29, 0.717) is 27.5 Å². The highest BCUT2D eigenvalue weighted by atomic mass is 35.5. The number of halogens is 1. The molecule has 0 radical (unpaired) electrons. The summed E-state index contributed by atoms with van der Waals surface area (Å²) in [7, 11) is -5.82. The lowest BCUT2D eigenvalue weighted by Gasteiger charge is -2.41. The molecular weight excluding hydrogens is 612 g/mol. The summed E-state index contributed by atoms with van der Waals surface area (Å²) < 4.78 is 62.3. The molecule has 1 aromatic carbocycles. The van der Waals surface area contributed by atoms with Gasteiger partial charge in [-0.3, -0.25) is 4.79 Å². The Morgan fingerprint density at radius 1 is 1.10 bits per heavy atom. The molecule has 3 aliphatic rings. The maximum atomic E-state index is 13.8. The van der Waals surface area contributed by atoms with Crippen molar-refractivity contribution < 1.29 is 26.4 Å². The number of nitrogens with zero attached hydrogens (tertiary/aromatic N) is 5. The van der Waals surface area contributed by atoms with E-state index in [0.717, 1.165) is 23.5 Å². The van der Waals surface area contributed by atoms with E-state index >= 15 is 0 Å². The molecule has 6 rings (SSSR count). The van der Waals surface area contributed by atoms with Crippen LogP contribution < -0.4 is 0 Å². The van der Waals surface area contributed by atoms with Gasteiger partial charge in [-0.25, -0.2) is 21.8 Å². The highest BCUT2D eigenvalue weighted by Gasteiger charge is 2.41. The molecule has 16 heteroatoms. The molecule has 12 nitrogen and oxygen atoms in total. The first kappa shape index (κ1) is 29.0. The molecule has 1 atom stereocenters. The molecule has 41 heavy (non-hydrogen) atoms. The maximum Gasteiger partial charge on any atom is 0.283 e. The summed E-state index contributed by atoms with van der Waals surface area (Å²) in [4.78, 5) is 26.0. The molecular formula is C25H31ClN6O6S3. The van der Waals surface area contributed by atoms with Crippen LogP contribution in [0.25, 0.3) is 10.9 Å². The van der Waals surface area contributed by atoms with Crippen LogP contribution in [0.5, 0.6) is 0 Å². The van der Waals surface area contributed by atoms with Gasteiger partial charge in [-0.1, -0.05) is 11.6 Å². The zero-order valence-electron chi connectivity index (χ0n) is 22.5. The highest BCUT2D eigenvalue weighted by molar-refractivity contribution is 7.89. The number of nitrogens with one attached hydrogen (secondary N) is 1. The summed E-state index contributed by atoms with van der Waals surface area (Å²) in [5.74, 6) is -0.771. The number of amides is 1. The molecule has 0 spiro atoms. The number of aromatic amines is 1. The Balaban J connectivity index is 1.29. The monoisotopic (exact) mass is 642 g/mol. The molecule has 3 aliphatic heterocycles. The summed E-state index contributed by atoms with van der Waals surface area (Å²) >= 11 is 7.41. The molecule has 3 aromatic rings. The minimum Gasteiger partial charge on any atom is -0.379 e. The number of thiazole rings is 1. The number of hydrogen-bond acceptors (Lipinski definition) is 9. The quantitative estimate of drug-likeness (QED) is 0.427. The van der Waals surface area contributed by atoms with Crippen molar-refractivity contribution in [1.82, 2.24) is 28.4 Å². The molecule has 2 aromatic heterocycles. The van der Waals surface area contributed by atoms with Gasteiger partial charge in [-0.15, -0.1) is 11.3 Å². The molecule has 1 unspecified atom stereocenters. The number of piperazine rings is 1. The van der Waals surface area contributed by atoms with Gasteiger partial charge in [-0.2, -0.15) is 8.61 Å². The van der Waals surface area contributed by atoms with E-state index in [-0.39, 0.29) is 56.9 Å². The van der Waals surface area contributed by atoms with Crippen LogP contribution in [0.1, 0.15) is 20.4 Å². The van der Waals surface area contributed by atoms with Crippen LogP contribution >= 0.6 is 22.9 Å². The summed E-state index contributed by atoms with van der Waals surface area (Å²) in [5.41, 5.74) is 1.51. The van der Waals surface area contributed by atoms with Crippen LogP contribution in [0.3, 0.4) is 0 Å². The third kappa shape index (κ3) is 5.78. The second-order valence-electron chi connectivity index (χ2n) is 10.5. The predicted molar refractivity (Wildman–Crippen MR) is 155 cm³/mol. The van der Waals surface area contributed by atoms with E-state index in [1.54, 1.807) is 18.2 Å². The third-order valence-electron chi connectivity index (χ3n) is 7.75. The minimum absolute atomic E-state index is 0.0129. The molecule has 222 valence electrons. The normalized spacial score (nSPS) is 21.8. The second-order valence-corrected chi connectivity index (χ2v) is 16.0. The highest BCUT2D eigenvalue weighted by Crippen LogP contribution is 2.29. The van der Waals surface area contributed by atoms with Crippen LogP contribution in [0.2, 0.25) is 5.02 Å². The number of carbonyl (C=O) groups is 1. The predicted octanol–water partition coefficient (Wildman–Crippen LogP) is 1.44. The van der Waals surface area contributed by atoms with E-state index in [2.05, 4.69) is 14.9 Å². The smallest absolute Gasteiger partial charge is 0.283 e. The molecule has 5 heterocycles. The topological polar surface area (TPSA) is 136 Å². The van der Waals surface area contributed by atoms with Crippen LogP contribution in [-0.4, -0.2) is 122 Å². The molecule has 0 aliphatic carbocycles. The van der Waals surface area contributed by atoms with Crippen LogP contribution in [0, 0.1) is 0 Å². The van der Waals surface area contributed by atoms with Crippen molar-refractivity contribution in [3.63, 3.8) is 0 Å². The Morgan fingerprint density at radius 3 is 2.66 bits per heavy atom. The Kier molecular flexibility index (Phi) is 7.91. The van der Waals surface area contributed by atoms with E-state index in [4.69, 9.17) is 16.3 Å². The van der Waals surface area contributed by atoms with Crippen molar-refractivity contribution >= 4 is 59.8 Å². The SMILES string of the molecule is CN1CCc2nc(C(=O)N3CCN(S(=O)(=O)c4cc5cc(Cl)ccc5[nH]4)CC3CS(=O)(=O)N3CCOCC3)sc2C1. The first-order chi connectivity index (χ1) is 19.5. The van der Waals surface area contributed by atoms with E-state index in [1.807, 2.05) is 7.05 Å². The number of benzene rings is 1. The second kappa shape index (κ2) is 11.2. The molecule has 0 saturated carbocycles. The summed E-state index contributed by atoms with van der Waals surface area (Å²) in [5, 5.41) is 1.43. The van der Waals surface area contributed by atoms with Crippen LogP contribution in [0.4, 0.5) is 0 Å². The number of rotatable bonds is 6. The van der Waals surface area contributed by atoms with Crippen molar-refractivity contribution in [2.45, 2.75) is 24.0 Å². The molecule has 2 fully saturated rings. The van der Waals surface area contributed by atoms with E-state index in [1.165, 1.54) is 30.9 Å². The van der Waals surface area contributed by atoms with Crippen molar-refractivity contribution in [2.75, 3.05) is 65.3 Å². The van der Waals surface area contributed by atoms with Gasteiger partial charge in [-0.05, 0) is 31.3 Å². The van der Waals surface area contributed by atoms with Crippen molar-refractivity contribution in [1.29, 1.82) is 0 Å². The number of H-pyrrole nitrogens is 1. The number of hydrogen-bond donors (Lipinski definition) is 1. The van der Waals surface area contributed by atoms with Crippen LogP contribution in [0.15, 0.2) is 29.3 Å². The van der Waals surface area contributed by atoms with Gasteiger partial charge in [0.05, 0.1) is 30.7 Å². The lowest BCUT2D eigenvalue weighted by atomic mass is 10.2. The van der Waals surface area contributed by atoms with Gasteiger partial charge >= 0.3 is 0 Å². The van der Waals surface area contributed by atoms with Crippen molar-refractivity contribution in [2.24, 2.45) is 0 Å². The first-order valence-electron chi connectivity index (χ1n) is 13.3. The summed E-state index contributed by atoms with van der Waals surface area (Å²) in [6, 6.07) is 5.66. The number of fused-ring (bicyclic) bond motifs is 2. The Bertz CT molecular complexity index is 1680. The van der Waals surface area contributed by atoms with E-state index < -0.39 is 31.8 Å². The number of likely N-dealkylation sites (N-methyl/N-ethyl adjacent to an activating group) is 1. The lowest BCUT2D eigenvalue weighted by Crippen LogP contribution is -2.59. The minimum atomic E-state index is -4.02. The fourth-order valence-corrected chi connectivity index (χ4v) is 10.0.